The lowest BCUT2D eigenvalue weighted by Crippen LogP contribution is -2.41. The van der Waals surface area contributed by atoms with Crippen LogP contribution >= 0.6 is 0 Å². The minimum atomic E-state index is 0.319. The third-order valence-electron chi connectivity index (χ3n) is 3.91. The van der Waals surface area contributed by atoms with Gasteiger partial charge in [-0.05, 0) is 38.1 Å². The molecule has 90 valence electrons. The molecular weight excluding hydrogens is 186 g/mol. The molecule has 1 rings (SSSR count). The Kier molecular flexibility index (Phi) is 5.62. The highest BCUT2D eigenvalue weighted by Gasteiger charge is 2.28. The molecule has 15 heavy (non-hydrogen) atoms. The molecule has 1 aliphatic carbocycles. The van der Waals surface area contributed by atoms with Gasteiger partial charge in [-0.1, -0.05) is 26.7 Å². The van der Waals surface area contributed by atoms with Gasteiger partial charge in [0, 0.05) is 19.2 Å². The second-order valence-electron chi connectivity index (χ2n) is 5.29. The van der Waals surface area contributed by atoms with E-state index in [9.17, 15) is 0 Å². The fourth-order valence-corrected chi connectivity index (χ4v) is 3.17. The Morgan fingerprint density at radius 2 is 1.67 bits per heavy atom. The predicted molar refractivity (Wildman–Crippen MR) is 64.9 cm³/mol. The smallest absolute Gasteiger partial charge is 0.0443 e. The maximum absolute atomic E-state index is 8.87. The van der Waals surface area contributed by atoms with Crippen molar-refractivity contribution >= 4 is 0 Å². The summed E-state index contributed by atoms with van der Waals surface area (Å²) in [5.74, 6) is 1.62. The van der Waals surface area contributed by atoms with Crippen molar-refractivity contribution in [1.29, 1.82) is 0 Å². The van der Waals surface area contributed by atoms with Gasteiger partial charge in [0.05, 0.1) is 0 Å². The van der Waals surface area contributed by atoms with Gasteiger partial charge >= 0.3 is 0 Å². The lowest BCUT2D eigenvalue weighted by molar-refractivity contribution is 0.122. The average molecular weight is 213 g/mol. The van der Waals surface area contributed by atoms with Gasteiger partial charge in [0.25, 0.3) is 0 Å². The summed E-state index contributed by atoms with van der Waals surface area (Å²) in [6.45, 7) is 6.14. The van der Waals surface area contributed by atoms with E-state index in [0.29, 0.717) is 6.61 Å². The molecule has 2 nitrogen and oxygen atoms in total. The van der Waals surface area contributed by atoms with Crippen LogP contribution in [0.5, 0.6) is 0 Å². The lowest BCUT2D eigenvalue weighted by atomic mass is 9.88. The highest BCUT2D eigenvalue weighted by Crippen LogP contribution is 2.30. The summed E-state index contributed by atoms with van der Waals surface area (Å²) in [6.07, 6.45) is 6.45. The molecule has 0 radical (unpaired) electrons. The Bertz CT molecular complexity index is 160. The number of rotatable bonds is 4. The van der Waals surface area contributed by atoms with Crippen LogP contribution in [0.15, 0.2) is 0 Å². The van der Waals surface area contributed by atoms with Crippen LogP contribution in [0.4, 0.5) is 0 Å². The minimum Gasteiger partial charge on any atom is -0.396 e. The normalized spacial score (nSPS) is 33.0. The van der Waals surface area contributed by atoms with Crippen molar-refractivity contribution in [2.45, 2.75) is 52.0 Å². The van der Waals surface area contributed by atoms with E-state index in [-0.39, 0.29) is 0 Å². The molecule has 1 saturated carbocycles. The van der Waals surface area contributed by atoms with Gasteiger partial charge in [0.1, 0.15) is 0 Å². The second-order valence-corrected chi connectivity index (χ2v) is 5.29. The molecule has 0 aromatic rings. The largest absolute Gasteiger partial charge is 0.396 e. The maximum Gasteiger partial charge on any atom is 0.0443 e. The van der Waals surface area contributed by atoms with Gasteiger partial charge in [-0.2, -0.15) is 0 Å². The van der Waals surface area contributed by atoms with Crippen molar-refractivity contribution in [2.24, 2.45) is 11.8 Å². The highest BCUT2D eigenvalue weighted by atomic mass is 16.3. The standard InChI is InChI=1S/C13H27NO/c1-11-7-4-5-8-12(2)13(11)14(3)9-6-10-15/h11-13,15H,4-10H2,1-3H3. The van der Waals surface area contributed by atoms with Gasteiger partial charge in [0.15, 0.2) is 0 Å². The minimum absolute atomic E-state index is 0.319. The molecule has 0 bridgehead atoms. The van der Waals surface area contributed by atoms with E-state index >= 15 is 0 Å². The Labute approximate surface area is 94.7 Å². The zero-order valence-corrected chi connectivity index (χ0v) is 10.6. The summed E-state index contributed by atoms with van der Waals surface area (Å²) >= 11 is 0. The Morgan fingerprint density at radius 1 is 1.13 bits per heavy atom. The van der Waals surface area contributed by atoms with E-state index in [1.54, 1.807) is 0 Å². The van der Waals surface area contributed by atoms with Crippen LogP contribution in [0.2, 0.25) is 0 Å². The van der Waals surface area contributed by atoms with Crippen LogP contribution in [0, 0.1) is 11.8 Å². The van der Waals surface area contributed by atoms with E-state index < -0.39 is 0 Å². The number of aliphatic hydroxyl groups excluding tert-OH is 1. The van der Waals surface area contributed by atoms with Gasteiger partial charge < -0.3 is 10.0 Å². The molecular formula is C13H27NO. The Hall–Kier alpha value is -0.0800. The Morgan fingerprint density at radius 3 is 2.13 bits per heavy atom. The van der Waals surface area contributed by atoms with Crippen LogP contribution in [-0.4, -0.2) is 36.2 Å². The van der Waals surface area contributed by atoms with Crippen molar-refractivity contribution < 1.29 is 5.11 Å². The molecule has 1 aliphatic rings. The van der Waals surface area contributed by atoms with Crippen molar-refractivity contribution in [2.75, 3.05) is 20.2 Å². The number of nitrogens with zero attached hydrogens (tertiary/aromatic N) is 1. The van der Waals surface area contributed by atoms with Gasteiger partial charge in [-0.3, -0.25) is 0 Å². The van der Waals surface area contributed by atoms with E-state index in [4.69, 9.17) is 5.11 Å². The zero-order chi connectivity index (χ0) is 11.3. The molecule has 0 aromatic heterocycles. The first kappa shape index (κ1) is 13.0. The van der Waals surface area contributed by atoms with Crippen molar-refractivity contribution in [3.63, 3.8) is 0 Å². The molecule has 0 spiro atoms. The van der Waals surface area contributed by atoms with E-state index in [0.717, 1.165) is 30.8 Å². The summed E-state index contributed by atoms with van der Waals surface area (Å²) in [6, 6.07) is 0.721. The number of hydrogen-bond acceptors (Lipinski definition) is 2. The first-order valence-electron chi connectivity index (χ1n) is 6.48. The quantitative estimate of drug-likeness (QED) is 0.725. The van der Waals surface area contributed by atoms with Crippen LogP contribution in [-0.2, 0) is 0 Å². The van der Waals surface area contributed by atoms with Gasteiger partial charge in [0.2, 0.25) is 0 Å². The summed E-state index contributed by atoms with van der Waals surface area (Å²) in [4.78, 5) is 2.47. The molecule has 0 aromatic carbocycles. The first-order chi connectivity index (χ1) is 7.16. The molecule has 0 aliphatic heterocycles. The van der Waals surface area contributed by atoms with Crippen molar-refractivity contribution in [1.82, 2.24) is 4.90 Å². The first-order valence-corrected chi connectivity index (χ1v) is 6.48. The van der Waals surface area contributed by atoms with Crippen LogP contribution in [0.3, 0.4) is 0 Å². The fourth-order valence-electron chi connectivity index (χ4n) is 3.17. The van der Waals surface area contributed by atoms with Gasteiger partial charge in [-0.25, -0.2) is 0 Å². The van der Waals surface area contributed by atoms with E-state index in [1.807, 2.05) is 0 Å². The molecule has 2 unspecified atom stereocenters. The third kappa shape index (κ3) is 3.76. The number of hydrogen-bond donors (Lipinski definition) is 1. The monoisotopic (exact) mass is 213 g/mol. The molecule has 1 fully saturated rings. The van der Waals surface area contributed by atoms with E-state index in [1.165, 1.54) is 25.7 Å². The molecule has 0 heterocycles. The summed E-state index contributed by atoms with van der Waals surface area (Å²) in [7, 11) is 2.22. The predicted octanol–water partition coefficient (Wildman–Crippen LogP) is 2.52. The second kappa shape index (κ2) is 6.49. The van der Waals surface area contributed by atoms with Gasteiger partial charge in [-0.15, -0.1) is 0 Å². The van der Waals surface area contributed by atoms with E-state index in [2.05, 4.69) is 25.8 Å². The topological polar surface area (TPSA) is 23.5 Å². The number of aliphatic hydroxyl groups is 1. The third-order valence-corrected chi connectivity index (χ3v) is 3.91. The van der Waals surface area contributed by atoms with Crippen LogP contribution in [0.25, 0.3) is 0 Å². The maximum atomic E-state index is 8.87. The summed E-state index contributed by atoms with van der Waals surface area (Å²) in [5, 5.41) is 8.87. The van der Waals surface area contributed by atoms with Crippen LogP contribution in [0.1, 0.15) is 46.0 Å². The summed E-state index contributed by atoms with van der Waals surface area (Å²) < 4.78 is 0. The van der Waals surface area contributed by atoms with Crippen molar-refractivity contribution in [3.8, 4) is 0 Å². The summed E-state index contributed by atoms with van der Waals surface area (Å²) in [5.41, 5.74) is 0. The Balaban J connectivity index is 2.52. The SMILES string of the molecule is CC1CCCCC(C)C1N(C)CCCO. The van der Waals surface area contributed by atoms with Crippen LogP contribution < -0.4 is 0 Å². The van der Waals surface area contributed by atoms with Crippen molar-refractivity contribution in [3.05, 3.63) is 0 Å². The highest BCUT2D eigenvalue weighted by molar-refractivity contribution is 4.82. The molecule has 0 saturated heterocycles. The average Bonchev–Trinajstić information content (AvgIpc) is 2.36. The molecule has 2 atom stereocenters. The molecule has 2 heteroatoms. The zero-order valence-electron chi connectivity index (χ0n) is 10.6. The lowest BCUT2D eigenvalue weighted by Gasteiger charge is -2.35. The molecule has 1 N–H and O–H groups in total. The molecule has 0 amide bonds. The fraction of sp³-hybridized carbons (Fsp3) is 1.00.